The fraction of sp³-hybridized carbons (Fsp3) is 0.429. The molecule has 0 spiro atoms. The lowest BCUT2D eigenvalue weighted by molar-refractivity contribution is 0.0601. The smallest absolute Gasteiger partial charge is 0.341 e. The molecule has 29 heavy (non-hydrogen) atoms. The molecule has 158 valence electrons. The van der Waals surface area contributed by atoms with Crippen LogP contribution in [0.1, 0.15) is 47.1 Å². The first-order valence-corrected chi connectivity index (χ1v) is 10.8. The molecule has 0 amide bonds. The van der Waals surface area contributed by atoms with E-state index in [0.717, 1.165) is 28.2 Å². The summed E-state index contributed by atoms with van der Waals surface area (Å²) in [7, 11) is 1.39. The first-order valence-electron chi connectivity index (χ1n) is 9.58. The SMILES string of the molecule is CCOc1ccc(CNC(=S)Nc2sc(C)c(CC)c2C(=O)OC)cc1OCC. The largest absolute Gasteiger partial charge is 0.490 e. The highest BCUT2D eigenvalue weighted by Crippen LogP contribution is 2.34. The predicted molar refractivity (Wildman–Crippen MR) is 122 cm³/mol. The van der Waals surface area contributed by atoms with E-state index in [4.69, 9.17) is 26.4 Å². The summed E-state index contributed by atoms with van der Waals surface area (Å²) in [6.45, 7) is 9.53. The Morgan fingerprint density at radius 3 is 2.45 bits per heavy atom. The van der Waals surface area contributed by atoms with Gasteiger partial charge in [-0.3, -0.25) is 0 Å². The van der Waals surface area contributed by atoms with Gasteiger partial charge in [0.1, 0.15) is 5.00 Å². The monoisotopic (exact) mass is 436 g/mol. The maximum Gasteiger partial charge on any atom is 0.341 e. The van der Waals surface area contributed by atoms with Crippen molar-refractivity contribution in [1.29, 1.82) is 0 Å². The molecule has 0 unspecified atom stereocenters. The van der Waals surface area contributed by atoms with Gasteiger partial charge in [-0.25, -0.2) is 4.79 Å². The number of aryl methyl sites for hydroxylation is 1. The van der Waals surface area contributed by atoms with Crippen LogP contribution in [0.15, 0.2) is 18.2 Å². The number of thiophene rings is 1. The summed E-state index contributed by atoms with van der Waals surface area (Å²) in [5.41, 5.74) is 2.55. The molecule has 0 aliphatic heterocycles. The maximum atomic E-state index is 12.2. The van der Waals surface area contributed by atoms with Gasteiger partial charge in [0.2, 0.25) is 0 Å². The number of nitrogens with one attached hydrogen (secondary N) is 2. The van der Waals surface area contributed by atoms with Gasteiger partial charge in [-0.05, 0) is 62.7 Å². The molecular formula is C21H28N2O4S2. The normalized spacial score (nSPS) is 10.4. The van der Waals surface area contributed by atoms with E-state index in [0.29, 0.717) is 41.2 Å². The average molecular weight is 437 g/mol. The molecule has 2 N–H and O–H groups in total. The lowest BCUT2D eigenvalue weighted by atomic mass is 10.1. The maximum absolute atomic E-state index is 12.2. The van der Waals surface area contributed by atoms with Crippen molar-refractivity contribution in [1.82, 2.24) is 5.32 Å². The van der Waals surface area contributed by atoms with Gasteiger partial charge in [-0.15, -0.1) is 11.3 Å². The van der Waals surface area contributed by atoms with Crippen molar-refractivity contribution in [3.8, 4) is 11.5 Å². The molecule has 6 nitrogen and oxygen atoms in total. The molecule has 2 rings (SSSR count). The number of esters is 1. The van der Waals surface area contributed by atoms with E-state index >= 15 is 0 Å². The number of rotatable bonds is 9. The van der Waals surface area contributed by atoms with Crippen molar-refractivity contribution in [2.45, 2.75) is 40.7 Å². The minimum absolute atomic E-state index is 0.357. The molecule has 0 atom stereocenters. The van der Waals surface area contributed by atoms with Gasteiger partial charge in [-0.1, -0.05) is 13.0 Å². The first-order chi connectivity index (χ1) is 13.9. The third-order valence-corrected chi connectivity index (χ3v) is 5.55. The van der Waals surface area contributed by atoms with Crippen LogP contribution in [0.25, 0.3) is 0 Å². The standard InChI is InChI=1S/C21H28N2O4S2/c1-6-15-13(4)29-19(18(15)20(24)25-5)23-21(28)22-12-14-9-10-16(26-7-2)17(11-14)27-8-3/h9-11H,6-8,12H2,1-5H3,(H2,22,23,28). The van der Waals surface area contributed by atoms with Crippen LogP contribution < -0.4 is 20.1 Å². The zero-order valence-corrected chi connectivity index (χ0v) is 19.1. The van der Waals surface area contributed by atoms with Crippen molar-refractivity contribution >= 4 is 39.6 Å². The molecule has 2 aromatic rings. The first kappa shape index (κ1) is 23.0. The Balaban J connectivity index is 2.09. The van der Waals surface area contributed by atoms with Crippen molar-refractivity contribution in [3.63, 3.8) is 0 Å². The number of hydrogen-bond acceptors (Lipinski definition) is 6. The second-order valence-corrected chi connectivity index (χ2v) is 7.77. The topological polar surface area (TPSA) is 68.8 Å². The predicted octanol–water partition coefficient (Wildman–Crippen LogP) is 4.69. The molecule has 0 saturated carbocycles. The van der Waals surface area contributed by atoms with Crippen LogP contribution in [0.4, 0.5) is 5.00 Å². The summed E-state index contributed by atoms with van der Waals surface area (Å²) in [5, 5.41) is 7.46. The number of methoxy groups -OCH3 is 1. The number of thiocarbonyl (C=S) groups is 1. The van der Waals surface area contributed by atoms with Crippen LogP contribution in [-0.4, -0.2) is 31.4 Å². The molecule has 1 heterocycles. The Labute approximate surface area is 181 Å². The number of hydrogen-bond donors (Lipinski definition) is 2. The second kappa shape index (κ2) is 11.0. The average Bonchev–Trinajstić information content (AvgIpc) is 3.02. The summed E-state index contributed by atoms with van der Waals surface area (Å²) < 4.78 is 16.2. The van der Waals surface area contributed by atoms with Gasteiger partial charge in [0.25, 0.3) is 0 Å². The van der Waals surface area contributed by atoms with E-state index in [1.807, 2.05) is 45.9 Å². The fourth-order valence-corrected chi connectivity index (χ4v) is 4.32. The van der Waals surface area contributed by atoms with Gasteiger partial charge in [0.15, 0.2) is 16.6 Å². The number of anilines is 1. The van der Waals surface area contributed by atoms with Crippen LogP contribution in [0, 0.1) is 6.92 Å². The highest BCUT2D eigenvalue weighted by molar-refractivity contribution is 7.80. The third kappa shape index (κ3) is 5.83. The van der Waals surface area contributed by atoms with E-state index in [2.05, 4.69) is 10.6 Å². The van der Waals surface area contributed by atoms with Crippen molar-refractivity contribution in [2.75, 3.05) is 25.6 Å². The minimum atomic E-state index is -0.357. The highest BCUT2D eigenvalue weighted by Gasteiger charge is 2.22. The van der Waals surface area contributed by atoms with Gasteiger partial charge in [0.05, 0.1) is 25.9 Å². The summed E-state index contributed by atoms with van der Waals surface area (Å²) in [6.07, 6.45) is 0.751. The van der Waals surface area contributed by atoms with Crippen molar-refractivity contribution in [2.24, 2.45) is 0 Å². The van der Waals surface area contributed by atoms with Crippen molar-refractivity contribution < 1.29 is 19.0 Å². The molecule has 0 saturated heterocycles. The van der Waals surface area contributed by atoms with E-state index in [9.17, 15) is 4.79 Å². The third-order valence-electron chi connectivity index (χ3n) is 4.24. The number of ether oxygens (including phenoxy) is 3. The minimum Gasteiger partial charge on any atom is -0.490 e. The lowest BCUT2D eigenvalue weighted by Crippen LogP contribution is -2.28. The molecule has 8 heteroatoms. The highest BCUT2D eigenvalue weighted by atomic mass is 32.1. The zero-order chi connectivity index (χ0) is 21.4. The van der Waals surface area contributed by atoms with Crippen molar-refractivity contribution in [3.05, 3.63) is 39.8 Å². The van der Waals surface area contributed by atoms with E-state index in [1.54, 1.807) is 0 Å². The Bertz CT molecular complexity index is 865. The van der Waals surface area contributed by atoms with Crippen LogP contribution in [-0.2, 0) is 17.7 Å². The molecule has 0 fully saturated rings. The Morgan fingerprint density at radius 1 is 1.14 bits per heavy atom. The fourth-order valence-electron chi connectivity index (χ4n) is 2.95. The molecule has 0 aliphatic rings. The quantitative estimate of drug-likeness (QED) is 0.437. The van der Waals surface area contributed by atoms with E-state index < -0.39 is 0 Å². The summed E-state index contributed by atoms with van der Waals surface area (Å²) in [6, 6.07) is 5.80. The Morgan fingerprint density at radius 2 is 1.83 bits per heavy atom. The van der Waals surface area contributed by atoms with E-state index in [1.165, 1.54) is 18.4 Å². The Kier molecular flexibility index (Phi) is 8.72. The summed E-state index contributed by atoms with van der Waals surface area (Å²) in [5.74, 6) is 1.08. The number of benzene rings is 1. The van der Waals surface area contributed by atoms with Gasteiger partial charge >= 0.3 is 5.97 Å². The molecule has 1 aromatic heterocycles. The number of carbonyl (C=O) groups excluding carboxylic acids is 1. The van der Waals surface area contributed by atoms with Gasteiger partial charge in [0, 0.05) is 11.4 Å². The van der Waals surface area contributed by atoms with Crippen LogP contribution >= 0.6 is 23.6 Å². The van der Waals surface area contributed by atoms with Gasteiger partial charge < -0.3 is 24.8 Å². The molecule has 0 aliphatic carbocycles. The van der Waals surface area contributed by atoms with Crippen LogP contribution in [0.5, 0.6) is 11.5 Å². The number of carbonyl (C=O) groups is 1. The Hall–Kier alpha value is -2.32. The lowest BCUT2D eigenvalue weighted by Gasteiger charge is -2.14. The summed E-state index contributed by atoms with van der Waals surface area (Å²) in [4.78, 5) is 13.3. The zero-order valence-electron chi connectivity index (χ0n) is 17.5. The molecule has 0 radical (unpaired) electrons. The van der Waals surface area contributed by atoms with Crippen LogP contribution in [0.3, 0.4) is 0 Å². The molecule has 0 bridgehead atoms. The van der Waals surface area contributed by atoms with Gasteiger partial charge in [-0.2, -0.15) is 0 Å². The van der Waals surface area contributed by atoms with Crippen LogP contribution in [0.2, 0.25) is 0 Å². The molecular weight excluding hydrogens is 408 g/mol. The summed E-state index contributed by atoms with van der Waals surface area (Å²) >= 11 is 6.93. The second-order valence-electron chi connectivity index (χ2n) is 6.14. The molecule has 1 aromatic carbocycles. The van der Waals surface area contributed by atoms with E-state index in [-0.39, 0.29) is 5.97 Å².